The van der Waals surface area contributed by atoms with Gasteiger partial charge in [0.2, 0.25) is 0 Å². The fourth-order valence-electron chi connectivity index (χ4n) is 1.19. The predicted molar refractivity (Wildman–Crippen MR) is 47.9 cm³/mol. The molecule has 0 amide bonds. The zero-order chi connectivity index (χ0) is 10.1. The van der Waals surface area contributed by atoms with E-state index in [9.17, 15) is 8.78 Å². The smallest absolute Gasteiger partial charge is 0.151 e. The van der Waals surface area contributed by atoms with Gasteiger partial charge in [0.15, 0.2) is 11.6 Å². The number of nitrogen functional groups attached to an aromatic ring is 1. The van der Waals surface area contributed by atoms with Crippen LogP contribution in [0.5, 0.6) is 0 Å². The summed E-state index contributed by atoms with van der Waals surface area (Å²) in [5, 5.41) is 3.72. The van der Waals surface area contributed by atoms with Crippen molar-refractivity contribution in [3.63, 3.8) is 0 Å². The molecule has 1 heterocycles. The van der Waals surface area contributed by atoms with Gasteiger partial charge in [0, 0.05) is 6.07 Å². The fourth-order valence-corrected chi connectivity index (χ4v) is 1.19. The van der Waals surface area contributed by atoms with Crippen molar-refractivity contribution in [1.29, 1.82) is 0 Å². The molecular formula is C9H7F2N3. The monoisotopic (exact) mass is 195 g/mol. The number of nitrogens with zero attached hydrogens (tertiary/aromatic N) is 2. The first-order valence-corrected chi connectivity index (χ1v) is 3.94. The number of aromatic nitrogens is 2. The molecule has 2 rings (SSSR count). The molecule has 0 unspecified atom stereocenters. The molecule has 72 valence electrons. The number of para-hydroxylation sites is 1. The predicted octanol–water partition coefficient (Wildman–Crippen LogP) is 1.73. The van der Waals surface area contributed by atoms with Gasteiger partial charge in [-0.05, 0) is 12.1 Å². The van der Waals surface area contributed by atoms with Gasteiger partial charge in [0.25, 0.3) is 0 Å². The molecule has 0 saturated carbocycles. The van der Waals surface area contributed by atoms with Crippen LogP contribution in [0.1, 0.15) is 0 Å². The zero-order valence-corrected chi connectivity index (χ0v) is 7.11. The summed E-state index contributed by atoms with van der Waals surface area (Å²) in [7, 11) is 0. The lowest BCUT2D eigenvalue weighted by molar-refractivity contribution is 0.561. The van der Waals surface area contributed by atoms with E-state index in [1.54, 1.807) is 0 Å². The second-order valence-corrected chi connectivity index (χ2v) is 2.74. The lowest BCUT2D eigenvalue weighted by atomic mass is 10.3. The molecular weight excluding hydrogens is 188 g/mol. The largest absolute Gasteiger partial charge is 0.384 e. The maximum absolute atomic E-state index is 13.2. The van der Waals surface area contributed by atoms with Crippen molar-refractivity contribution in [2.75, 3.05) is 5.73 Å². The second kappa shape index (κ2) is 3.10. The minimum Gasteiger partial charge on any atom is -0.384 e. The average Bonchev–Trinajstić information content (AvgIpc) is 2.52. The van der Waals surface area contributed by atoms with Gasteiger partial charge in [0.1, 0.15) is 11.5 Å². The molecule has 0 aliphatic carbocycles. The van der Waals surface area contributed by atoms with E-state index in [2.05, 4.69) is 5.10 Å². The van der Waals surface area contributed by atoms with Crippen LogP contribution < -0.4 is 5.73 Å². The second-order valence-electron chi connectivity index (χ2n) is 2.74. The van der Waals surface area contributed by atoms with Crippen LogP contribution in [0, 0.1) is 11.6 Å². The summed E-state index contributed by atoms with van der Waals surface area (Å²) in [6.07, 6.45) is 1.38. The van der Waals surface area contributed by atoms with Gasteiger partial charge in [-0.15, -0.1) is 0 Å². The molecule has 0 aliphatic rings. The highest BCUT2D eigenvalue weighted by Gasteiger charge is 2.12. The zero-order valence-electron chi connectivity index (χ0n) is 7.11. The Kier molecular flexibility index (Phi) is 1.92. The molecule has 0 spiro atoms. The van der Waals surface area contributed by atoms with E-state index >= 15 is 0 Å². The van der Waals surface area contributed by atoms with Crippen LogP contribution in [0.4, 0.5) is 14.6 Å². The van der Waals surface area contributed by atoms with Crippen molar-refractivity contribution in [3.05, 3.63) is 42.1 Å². The Hall–Kier alpha value is -1.91. The molecule has 1 aromatic carbocycles. The van der Waals surface area contributed by atoms with Crippen LogP contribution in [0.15, 0.2) is 30.5 Å². The molecule has 2 aromatic rings. The number of hydrogen-bond acceptors (Lipinski definition) is 2. The highest BCUT2D eigenvalue weighted by molar-refractivity contribution is 5.42. The lowest BCUT2D eigenvalue weighted by Crippen LogP contribution is -2.06. The Morgan fingerprint density at radius 1 is 1.14 bits per heavy atom. The van der Waals surface area contributed by atoms with Crippen molar-refractivity contribution in [3.8, 4) is 5.69 Å². The molecule has 0 aliphatic heterocycles. The minimum atomic E-state index is -0.694. The number of anilines is 1. The van der Waals surface area contributed by atoms with Gasteiger partial charge < -0.3 is 5.73 Å². The van der Waals surface area contributed by atoms with Crippen molar-refractivity contribution >= 4 is 5.82 Å². The number of rotatable bonds is 1. The van der Waals surface area contributed by atoms with Crippen LogP contribution in [0.3, 0.4) is 0 Å². The standard InChI is InChI=1S/C9H7F2N3/c10-6-2-1-3-7(11)9(6)14-8(12)4-5-13-14/h1-5H,12H2. The number of nitrogens with two attached hydrogens (primary N) is 1. The van der Waals surface area contributed by atoms with Crippen molar-refractivity contribution in [1.82, 2.24) is 9.78 Å². The van der Waals surface area contributed by atoms with Gasteiger partial charge in [-0.2, -0.15) is 5.10 Å². The summed E-state index contributed by atoms with van der Waals surface area (Å²) in [4.78, 5) is 0. The highest BCUT2D eigenvalue weighted by atomic mass is 19.1. The number of halogens is 2. The first-order chi connectivity index (χ1) is 6.70. The summed E-state index contributed by atoms with van der Waals surface area (Å²) in [5.74, 6) is -1.20. The molecule has 0 fully saturated rings. The normalized spacial score (nSPS) is 10.4. The molecule has 3 nitrogen and oxygen atoms in total. The van der Waals surface area contributed by atoms with E-state index in [1.165, 1.54) is 18.3 Å². The Morgan fingerprint density at radius 2 is 1.79 bits per heavy atom. The van der Waals surface area contributed by atoms with Crippen molar-refractivity contribution < 1.29 is 8.78 Å². The third-order valence-corrected chi connectivity index (χ3v) is 1.82. The first-order valence-electron chi connectivity index (χ1n) is 3.94. The van der Waals surface area contributed by atoms with Crippen molar-refractivity contribution in [2.24, 2.45) is 0 Å². The number of hydrogen-bond donors (Lipinski definition) is 1. The van der Waals surface area contributed by atoms with E-state index < -0.39 is 11.6 Å². The maximum atomic E-state index is 13.2. The van der Waals surface area contributed by atoms with E-state index in [1.807, 2.05) is 0 Å². The Morgan fingerprint density at radius 3 is 2.29 bits per heavy atom. The summed E-state index contributed by atoms with van der Waals surface area (Å²) in [6.45, 7) is 0. The third kappa shape index (κ3) is 1.22. The molecule has 0 saturated heterocycles. The lowest BCUT2D eigenvalue weighted by Gasteiger charge is -2.05. The molecule has 0 radical (unpaired) electrons. The maximum Gasteiger partial charge on any atom is 0.151 e. The van der Waals surface area contributed by atoms with Gasteiger partial charge in [-0.1, -0.05) is 6.07 Å². The highest BCUT2D eigenvalue weighted by Crippen LogP contribution is 2.18. The molecule has 1 aromatic heterocycles. The van der Waals surface area contributed by atoms with Crippen LogP contribution in [0.2, 0.25) is 0 Å². The van der Waals surface area contributed by atoms with Gasteiger partial charge in [-0.25, -0.2) is 13.5 Å². The fraction of sp³-hybridized carbons (Fsp3) is 0. The molecule has 5 heteroatoms. The molecule has 2 N–H and O–H groups in total. The molecule has 14 heavy (non-hydrogen) atoms. The summed E-state index contributed by atoms with van der Waals surface area (Å²) < 4.78 is 27.5. The molecule has 0 bridgehead atoms. The minimum absolute atomic E-state index is 0.189. The summed E-state index contributed by atoms with van der Waals surface area (Å²) >= 11 is 0. The Balaban J connectivity index is 2.68. The summed E-state index contributed by atoms with van der Waals surface area (Å²) in [6, 6.07) is 5.05. The van der Waals surface area contributed by atoms with Crippen LogP contribution >= 0.6 is 0 Å². The van der Waals surface area contributed by atoms with Gasteiger partial charge >= 0.3 is 0 Å². The van der Waals surface area contributed by atoms with Gasteiger partial charge in [-0.3, -0.25) is 0 Å². The van der Waals surface area contributed by atoms with Crippen LogP contribution in [0.25, 0.3) is 5.69 Å². The van der Waals surface area contributed by atoms with E-state index in [0.29, 0.717) is 0 Å². The van der Waals surface area contributed by atoms with E-state index in [0.717, 1.165) is 16.8 Å². The van der Waals surface area contributed by atoms with Crippen LogP contribution in [-0.4, -0.2) is 9.78 Å². The van der Waals surface area contributed by atoms with E-state index in [4.69, 9.17) is 5.73 Å². The Bertz CT molecular complexity index is 445. The number of benzene rings is 1. The van der Waals surface area contributed by atoms with Crippen LogP contribution in [-0.2, 0) is 0 Å². The van der Waals surface area contributed by atoms with Gasteiger partial charge in [0.05, 0.1) is 6.20 Å². The van der Waals surface area contributed by atoms with Crippen molar-refractivity contribution in [2.45, 2.75) is 0 Å². The quantitative estimate of drug-likeness (QED) is 0.753. The summed E-state index contributed by atoms with van der Waals surface area (Å²) in [5.41, 5.74) is 5.22. The van der Waals surface area contributed by atoms with E-state index in [-0.39, 0.29) is 11.5 Å². The first kappa shape index (κ1) is 8.68. The topological polar surface area (TPSA) is 43.8 Å². The third-order valence-electron chi connectivity index (χ3n) is 1.82. The average molecular weight is 195 g/mol. The Labute approximate surface area is 78.8 Å². The molecule has 0 atom stereocenters. The SMILES string of the molecule is Nc1ccnn1-c1c(F)cccc1F.